The summed E-state index contributed by atoms with van der Waals surface area (Å²) in [7, 11) is -4.19. The second-order valence-corrected chi connectivity index (χ2v) is 7.99. The molecule has 0 saturated heterocycles. The Morgan fingerprint density at radius 3 is 2.20 bits per heavy atom. The van der Waals surface area contributed by atoms with Crippen molar-refractivity contribution < 1.29 is 27.5 Å². The Morgan fingerprint density at radius 1 is 0.933 bits per heavy atom. The number of carbonyl (C=O) groups is 1. The van der Waals surface area contributed by atoms with Crippen LogP contribution in [0.15, 0.2) is 84.9 Å². The van der Waals surface area contributed by atoms with E-state index in [1.165, 1.54) is 31.2 Å². The molecule has 2 atom stereocenters. The lowest BCUT2D eigenvalue weighted by Crippen LogP contribution is -2.35. The van der Waals surface area contributed by atoms with Gasteiger partial charge >= 0.3 is 13.7 Å². The van der Waals surface area contributed by atoms with E-state index in [9.17, 15) is 13.8 Å². The average Bonchev–Trinajstić information content (AvgIpc) is 2.75. The molecule has 30 heavy (non-hydrogen) atoms. The zero-order valence-corrected chi connectivity index (χ0v) is 17.1. The minimum atomic E-state index is -4.19. The summed E-state index contributed by atoms with van der Waals surface area (Å²) < 4.78 is 43.5. The van der Waals surface area contributed by atoms with Gasteiger partial charge in [-0.05, 0) is 36.8 Å². The Bertz CT molecular complexity index is 1020. The van der Waals surface area contributed by atoms with Crippen LogP contribution in [0.5, 0.6) is 11.5 Å². The van der Waals surface area contributed by atoms with E-state index in [1.807, 2.05) is 30.3 Å². The summed E-state index contributed by atoms with van der Waals surface area (Å²) in [4.78, 5) is 12.4. The van der Waals surface area contributed by atoms with E-state index in [0.29, 0.717) is 0 Å². The highest BCUT2D eigenvalue weighted by Gasteiger charge is 2.34. The second-order valence-electron chi connectivity index (χ2n) is 6.37. The first-order valence-corrected chi connectivity index (χ1v) is 10.8. The summed E-state index contributed by atoms with van der Waals surface area (Å²) in [6.07, 6.45) is 0. The molecule has 1 unspecified atom stereocenters. The molecule has 0 amide bonds. The van der Waals surface area contributed by atoms with Crippen LogP contribution in [-0.2, 0) is 20.7 Å². The minimum Gasteiger partial charge on any atom is -0.460 e. The molecule has 156 valence electrons. The van der Waals surface area contributed by atoms with Gasteiger partial charge in [-0.25, -0.2) is 8.96 Å². The number of hydrogen-bond acceptors (Lipinski definition) is 5. The normalized spacial score (nSPS) is 13.7. The molecule has 0 saturated carbocycles. The van der Waals surface area contributed by atoms with Crippen molar-refractivity contribution in [1.29, 1.82) is 0 Å². The van der Waals surface area contributed by atoms with Gasteiger partial charge in [-0.3, -0.25) is 4.79 Å². The largest absolute Gasteiger partial charge is 0.513 e. The summed E-state index contributed by atoms with van der Waals surface area (Å²) >= 11 is 0. The van der Waals surface area contributed by atoms with Crippen LogP contribution in [0.3, 0.4) is 0 Å². The van der Waals surface area contributed by atoms with Crippen LogP contribution in [0.2, 0.25) is 0 Å². The van der Waals surface area contributed by atoms with Gasteiger partial charge in [0.15, 0.2) is 11.6 Å². The van der Waals surface area contributed by atoms with Crippen LogP contribution >= 0.6 is 7.75 Å². The standard InChI is InChI=1S/C22H21FNO5P/c1-17(22(25)27-16-18-10-4-2-5-11-18)24-30(26,28-19-12-6-3-7-13-19)29-21-15-9-8-14-20(21)23/h2-15,17H,16H2,1H3,(H,24,26)/t17-,30?/m0/s1. The van der Waals surface area contributed by atoms with Gasteiger partial charge in [-0.1, -0.05) is 60.7 Å². The molecule has 0 heterocycles. The lowest BCUT2D eigenvalue weighted by atomic mass is 10.2. The Morgan fingerprint density at radius 2 is 1.53 bits per heavy atom. The van der Waals surface area contributed by atoms with Gasteiger partial charge in [0, 0.05) is 0 Å². The SMILES string of the molecule is C[C@H](NP(=O)(Oc1ccccc1)Oc1ccccc1F)C(=O)OCc1ccccc1. The van der Waals surface area contributed by atoms with Crippen LogP contribution in [-0.4, -0.2) is 12.0 Å². The summed E-state index contributed by atoms with van der Waals surface area (Å²) in [5, 5.41) is 2.52. The fourth-order valence-corrected chi connectivity index (χ4v) is 4.01. The van der Waals surface area contributed by atoms with E-state index in [4.69, 9.17) is 13.8 Å². The maximum atomic E-state index is 14.0. The maximum absolute atomic E-state index is 14.0. The van der Waals surface area contributed by atoms with Crippen molar-refractivity contribution in [3.8, 4) is 11.5 Å². The van der Waals surface area contributed by atoms with Gasteiger partial charge in [0.1, 0.15) is 18.4 Å². The number of carbonyl (C=O) groups excluding carboxylic acids is 1. The van der Waals surface area contributed by atoms with E-state index in [1.54, 1.807) is 30.3 Å². The summed E-state index contributed by atoms with van der Waals surface area (Å²) in [6, 6.07) is 21.8. The number of para-hydroxylation sites is 2. The van der Waals surface area contributed by atoms with Crippen molar-refractivity contribution in [2.45, 2.75) is 19.6 Å². The molecule has 0 spiro atoms. The lowest BCUT2D eigenvalue weighted by molar-refractivity contribution is -0.146. The highest BCUT2D eigenvalue weighted by atomic mass is 31.2. The smallest absolute Gasteiger partial charge is 0.460 e. The third-order valence-corrected chi connectivity index (χ3v) is 5.54. The monoisotopic (exact) mass is 429 g/mol. The Labute approximate surface area is 174 Å². The van der Waals surface area contributed by atoms with E-state index >= 15 is 0 Å². The highest BCUT2D eigenvalue weighted by Crippen LogP contribution is 2.45. The molecule has 0 aliphatic heterocycles. The van der Waals surface area contributed by atoms with E-state index < -0.39 is 25.6 Å². The molecule has 3 aromatic carbocycles. The van der Waals surface area contributed by atoms with Gasteiger partial charge in [0.05, 0.1) is 0 Å². The van der Waals surface area contributed by atoms with Crippen LogP contribution < -0.4 is 14.1 Å². The third-order valence-electron chi connectivity index (χ3n) is 3.95. The Hall–Kier alpha value is -3.15. The van der Waals surface area contributed by atoms with Crippen molar-refractivity contribution in [3.63, 3.8) is 0 Å². The predicted octanol–water partition coefficient (Wildman–Crippen LogP) is 5.11. The molecule has 0 radical (unpaired) electrons. The topological polar surface area (TPSA) is 73.9 Å². The Balaban J connectivity index is 1.73. The molecule has 1 N–H and O–H groups in total. The maximum Gasteiger partial charge on any atom is 0.513 e. The lowest BCUT2D eigenvalue weighted by Gasteiger charge is -2.23. The first-order valence-electron chi connectivity index (χ1n) is 9.22. The van der Waals surface area contributed by atoms with Gasteiger partial charge in [0.2, 0.25) is 0 Å². The molecule has 6 nitrogen and oxygen atoms in total. The van der Waals surface area contributed by atoms with E-state index in [-0.39, 0.29) is 18.1 Å². The van der Waals surface area contributed by atoms with Crippen LogP contribution in [0, 0.1) is 5.82 Å². The fourth-order valence-electron chi connectivity index (χ4n) is 2.48. The fraction of sp³-hybridized carbons (Fsp3) is 0.136. The zero-order valence-electron chi connectivity index (χ0n) is 16.2. The summed E-state index contributed by atoms with van der Waals surface area (Å²) in [6.45, 7) is 1.52. The summed E-state index contributed by atoms with van der Waals surface area (Å²) in [5.41, 5.74) is 0.810. The van der Waals surface area contributed by atoms with Crippen molar-refractivity contribution >= 4 is 13.7 Å². The molecule has 8 heteroatoms. The molecule has 3 aromatic rings. The van der Waals surface area contributed by atoms with Gasteiger partial charge in [0.25, 0.3) is 0 Å². The van der Waals surface area contributed by atoms with E-state index in [0.717, 1.165) is 5.56 Å². The van der Waals surface area contributed by atoms with Crippen LogP contribution in [0.4, 0.5) is 4.39 Å². The van der Waals surface area contributed by atoms with Gasteiger partial charge < -0.3 is 13.8 Å². The zero-order chi connectivity index (χ0) is 21.4. The molecule has 0 fully saturated rings. The highest BCUT2D eigenvalue weighted by molar-refractivity contribution is 7.52. The molecule has 0 aliphatic rings. The van der Waals surface area contributed by atoms with Crippen molar-refractivity contribution in [2.24, 2.45) is 0 Å². The number of esters is 1. The number of rotatable bonds is 9. The van der Waals surface area contributed by atoms with E-state index in [2.05, 4.69) is 5.09 Å². The minimum absolute atomic E-state index is 0.0592. The number of hydrogen-bond donors (Lipinski definition) is 1. The van der Waals surface area contributed by atoms with Gasteiger partial charge in [-0.15, -0.1) is 0 Å². The Kier molecular flexibility index (Phi) is 7.22. The first-order chi connectivity index (χ1) is 14.5. The number of benzene rings is 3. The molecule has 0 aliphatic carbocycles. The van der Waals surface area contributed by atoms with Crippen LogP contribution in [0.25, 0.3) is 0 Å². The predicted molar refractivity (Wildman–Crippen MR) is 111 cm³/mol. The van der Waals surface area contributed by atoms with Crippen molar-refractivity contribution in [1.82, 2.24) is 5.09 Å². The number of ether oxygens (including phenoxy) is 1. The molecular weight excluding hydrogens is 408 g/mol. The first kappa shape index (κ1) is 21.6. The molecule has 0 aromatic heterocycles. The number of nitrogens with one attached hydrogen (secondary N) is 1. The average molecular weight is 429 g/mol. The number of halogens is 1. The molecular formula is C22H21FNO5P. The quantitative estimate of drug-likeness (QED) is 0.376. The van der Waals surface area contributed by atoms with Crippen molar-refractivity contribution in [2.75, 3.05) is 0 Å². The van der Waals surface area contributed by atoms with Gasteiger partial charge in [-0.2, -0.15) is 5.09 Å². The second kappa shape index (κ2) is 10.1. The molecule has 3 rings (SSSR count). The molecule has 0 bridgehead atoms. The third kappa shape index (κ3) is 6.17. The van der Waals surface area contributed by atoms with Crippen molar-refractivity contribution in [3.05, 3.63) is 96.3 Å². The van der Waals surface area contributed by atoms with Crippen LogP contribution in [0.1, 0.15) is 12.5 Å². The summed E-state index contributed by atoms with van der Waals surface area (Å²) in [5.74, 6) is -1.41.